The molecular weight excluding hydrogens is 247 g/mol. The lowest BCUT2D eigenvalue weighted by Gasteiger charge is -2.20. The zero-order valence-corrected chi connectivity index (χ0v) is 9.86. The molecule has 18 heavy (non-hydrogen) atoms. The summed E-state index contributed by atoms with van der Waals surface area (Å²) in [6, 6.07) is 5.90. The number of hydrogen-bond acceptors (Lipinski definition) is 3. The molecule has 0 radical (unpaired) electrons. The third kappa shape index (κ3) is 5.37. The molecule has 1 N–H and O–H groups in total. The Morgan fingerprint density at radius 1 is 1.22 bits per heavy atom. The Morgan fingerprint density at radius 2 is 1.94 bits per heavy atom. The molecule has 3 nitrogen and oxygen atoms in total. The van der Waals surface area contributed by atoms with E-state index in [2.05, 4.69) is 0 Å². The highest BCUT2D eigenvalue weighted by Crippen LogP contribution is 2.15. The lowest BCUT2D eigenvalue weighted by Crippen LogP contribution is -2.35. The van der Waals surface area contributed by atoms with Gasteiger partial charge in [-0.15, -0.1) is 0 Å². The maximum Gasteiger partial charge on any atom is 0.251 e. The summed E-state index contributed by atoms with van der Waals surface area (Å²) in [4.78, 5) is 1.37. The lowest BCUT2D eigenvalue weighted by atomic mass is 10.3. The second-order valence-corrected chi connectivity index (χ2v) is 3.69. The van der Waals surface area contributed by atoms with E-state index in [1.807, 2.05) is 0 Å². The third-order valence-corrected chi connectivity index (χ3v) is 2.31. The highest BCUT2D eigenvalue weighted by Gasteiger charge is 2.11. The predicted molar refractivity (Wildman–Crippen MR) is 61.4 cm³/mol. The molecule has 1 aromatic rings. The Morgan fingerprint density at radius 3 is 2.56 bits per heavy atom. The largest absolute Gasteiger partial charge is 0.489 e. The summed E-state index contributed by atoms with van der Waals surface area (Å²) in [6.45, 7) is -0.189. The number of benzene rings is 1. The van der Waals surface area contributed by atoms with Crippen LogP contribution in [0.5, 0.6) is 5.75 Å². The zero-order chi connectivity index (χ0) is 13.4. The normalized spacial score (nSPS) is 11.2. The van der Waals surface area contributed by atoms with E-state index in [-0.39, 0.29) is 32.1 Å². The molecule has 6 heteroatoms. The Labute approximate surface area is 104 Å². The molecule has 102 valence electrons. The third-order valence-electron chi connectivity index (χ3n) is 2.31. The fourth-order valence-corrected chi connectivity index (χ4v) is 1.48. The summed E-state index contributed by atoms with van der Waals surface area (Å²) in [5.74, 6) is -0.390. The van der Waals surface area contributed by atoms with Crippen LogP contribution in [0.1, 0.15) is 0 Å². The molecule has 0 unspecified atom stereocenters. The number of rotatable bonds is 8. The van der Waals surface area contributed by atoms with E-state index >= 15 is 0 Å². The van der Waals surface area contributed by atoms with Crippen LogP contribution in [0.4, 0.5) is 13.2 Å². The average Bonchev–Trinajstić information content (AvgIpc) is 2.31. The number of hydrogen-bond donors (Lipinski definition) is 1. The molecule has 0 aliphatic carbocycles. The molecule has 0 amide bonds. The molecule has 0 aliphatic rings. The number of aliphatic hydroxyl groups is 1. The van der Waals surface area contributed by atoms with Crippen molar-refractivity contribution in [3.05, 3.63) is 30.1 Å². The first-order valence-corrected chi connectivity index (χ1v) is 5.62. The SMILES string of the molecule is OCCN(CCOc1ccccc1F)CC(F)F. The van der Waals surface area contributed by atoms with Crippen molar-refractivity contribution in [1.29, 1.82) is 0 Å². The van der Waals surface area contributed by atoms with E-state index in [4.69, 9.17) is 9.84 Å². The predicted octanol–water partition coefficient (Wildman–Crippen LogP) is 1.76. The van der Waals surface area contributed by atoms with Crippen LogP contribution in [0.15, 0.2) is 24.3 Å². The number of alkyl halides is 2. The second kappa shape index (κ2) is 7.94. The number of aliphatic hydroxyl groups excluding tert-OH is 1. The summed E-state index contributed by atoms with van der Waals surface area (Å²) in [5.41, 5.74) is 0. The molecular formula is C12H16F3NO2. The average molecular weight is 263 g/mol. The summed E-state index contributed by atoms with van der Waals surface area (Å²) >= 11 is 0. The smallest absolute Gasteiger partial charge is 0.251 e. The first kappa shape index (κ1) is 14.8. The van der Waals surface area contributed by atoms with E-state index in [1.54, 1.807) is 6.07 Å². The zero-order valence-electron chi connectivity index (χ0n) is 9.86. The Bertz CT molecular complexity index is 350. The van der Waals surface area contributed by atoms with Gasteiger partial charge in [0.05, 0.1) is 13.2 Å². The number of nitrogens with zero attached hydrogens (tertiary/aromatic N) is 1. The molecule has 1 aromatic carbocycles. The molecule has 0 saturated heterocycles. The van der Waals surface area contributed by atoms with E-state index in [1.165, 1.54) is 23.1 Å². The van der Waals surface area contributed by atoms with Crippen LogP contribution in [0.3, 0.4) is 0 Å². The first-order valence-electron chi connectivity index (χ1n) is 5.62. The molecule has 0 atom stereocenters. The minimum absolute atomic E-state index is 0.0909. The van der Waals surface area contributed by atoms with E-state index in [0.717, 1.165) is 0 Å². The molecule has 0 aliphatic heterocycles. The second-order valence-electron chi connectivity index (χ2n) is 3.69. The van der Waals surface area contributed by atoms with Crippen molar-refractivity contribution in [2.24, 2.45) is 0 Å². The maximum atomic E-state index is 13.2. The molecule has 0 spiro atoms. The van der Waals surface area contributed by atoms with E-state index in [9.17, 15) is 13.2 Å². The van der Waals surface area contributed by atoms with Gasteiger partial charge >= 0.3 is 0 Å². The van der Waals surface area contributed by atoms with Gasteiger partial charge in [0.1, 0.15) is 6.61 Å². The van der Waals surface area contributed by atoms with Crippen LogP contribution in [0, 0.1) is 5.82 Å². The molecule has 1 rings (SSSR count). The van der Waals surface area contributed by atoms with Crippen molar-refractivity contribution in [2.45, 2.75) is 6.43 Å². The molecule has 0 saturated carbocycles. The van der Waals surface area contributed by atoms with Gasteiger partial charge in [0.2, 0.25) is 0 Å². The van der Waals surface area contributed by atoms with Gasteiger partial charge in [-0.25, -0.2) is 13.2 Å². The summed E-state index contributed by atoms with van der Waals surface area (Å²) in [7, 11) is 0. The quantitative estimate of drug-likeness (QED) is 0.775. The van der Waals surface area contributed by atoms with Gasteiger partial charge in [-0.05, 0) is 12.1 Å². The lowest BCUT2D eigenvalue weighted by molar-refractivity contribution is 0.0705. The molecule has 0 bridgehead atoms. The van der Waals surface area contributed by atoms with Gasteiger partial charge in [-0.2, -0.15) is 0 Å². The summed E-state index contributed by atoms with van der Waals surface area (Å²) < 4.78 is 42.7. The minimum Gasteiger partial charge on any atom is -0.489 e. The van der Waals surface area contributed by atoms with Gasteiger partial charge < -0.3 is 9.84 Å². The van der Waals surface area contributed by atoms with Crippen molar-refractivity contribution in [3.8, 4) is 5.75 Å². The Hall–Kier alpha value is -1.27. The monoisotopic (exact) mass is 263 g/mol. The minimum atomic E-state index is -2.47. The van der Waals surface area contributed by atoms with Crippen LogP contribution in [0.2, 0.25) is 0 Å². The van der Waals surface area contributed by atoms with Crippen LogP contribution < -0.4 is 4.74 Å². The fourth-order valence-electron chi connectivity index (χ4n) is 1.48. The topological polar surface area (TPSA) is 32.7 Å². The van der Waals surface area contributed by atoms with E-state index in [0.29, 0.717) is 0 Å². The van der Waals surface area contributed by atoms with Gasteiger partial charge in [0.15, 0.2) is 11.6 Å². The van der Waals surface area contributed by atoms with Gasteiger partial charge in [-0.1, -0.05) is 12.1 Å². The highest BCUT2D eigenvalue weighted by molar-refractivity contribution is 5.23. The summed E-state index contributed by atoms with van der Waals surface area (Å²) in [6.07, 6.45) is -2.47. The van der Waals surface area contributed by atoms with Crippen molar-refractivity contribution in [3.63, 3.8) is 0 Å². The molecule has 0 fully saturated rings. The van der Waals surface area contributed by atoms with Gasteiger partial charge in [-0.3, -0.25) is 4.90 Å². The molecule has 0 aromatic heterocycles. The highest BCUT2D eigenvalue weighted by atomic mass is 19.3. The summed E-state index contributed by atoms with van der Waals surface area (Å²) in [5, 5.41) is 8.72. The van der Waals surface area contributed by atoms with Gasteiger partial charge in [0.25, 0.3) is 6.43 Å². The van der Waals surface area contributed by atoms with Crippen LogP contribution >= 0.6 is 0 Å². The van der Waals surface area contributed by atoms with Crippen LogP contribution in [-0.2, 0) is 0 Å². The van der Waals surface area contributed by atoms with E-state index < -0.39 is 18.8 Å². The number of para-hydroxylation sites is 1. The molecule has 0 heterocycles. The van der Waals surface area contributed by atoms with Crippen molar-refractivity contribution >= 4 is 0 Å². The van der Waals surface area contributed by atoms with Crippen molar-refractivity contribution in [1.82, 2.24) is 4.90 Å². The Kier molecular flexibility index (Phi) is 6.53. The standard InChI is InChI=1S/C12H16F3NO2/c13-10-3-1-2-4-11(10)18-8-6-16(5-7-17)9-12(14)15/h1-4,12,17H,5-9H2. The first-order chi connectivity index (χ1) is 8.63. The number of ether oxygens (including phenoxy) is 1. The van der Waals surface area contributed by atoms with Crippen LogP contribution in [0.25, 0.3) is 0 Å². The number of halogens is 3. The fraction of sp³-hybridized carbons (Fsp3) is 0.500. The maximum absolute atomic E-state index is 13.2. The van der Waals surface area contributed by atoms with Crippen LogP contribution in [-0.4, -0.2) is 49.3 Å². The Balaban J connectivity index is 2.36. The van der Waals surface area contributed by atoms with Crippen molar-refractivity contribution < 1.29 is 23.0 Å². The van der Waals surface area contributed by atoms with Crippen molar-refractivity contribution in [2.75, 3.05) is 32.8 Å². The van der Waals surface area contributed by atoms with Gasteiger partial charge in [0, 0.05) is 13.1 Å².